The van der Waals surface area contributed by atoms with E-state index in [4.69, 9.17) is 0 Å². The van der Waals surface area contributed by atoms with Crippen molar-refractivity contribution >= 4 is 22.7 Å². The molecule has 0 aromatic carbocycles. The van der Waals surface area contributed by atoms with Gasteiger partial charge in [-0.15, -0.1) is 11.3 Å². The molecule has 0 amide bonds. The average Bonchev–Trinajstić information content (AvgIpc) is 2.72. The van der Waals surface area contributed by atoms with Crippen molar-refractivity contribution in [2.45, 2.75) is 13.0 Å². The molecule has 1 atom stereocenters. The first-order valence-electron chi connectivity index (χ1n) is 3.89. The Morgan fingerprint density at radius 1 is 1.46 bits per heavy atom. The van der Waals surface area contributed by atoms with Gasteiger partial charge in [0, 0.05) is 5.38 Å². The highest BCUT2D eigenvalue weighted by molar-refractivity contribution is 7.09. The van der Waals surface area contributed by atoms with Crippen LogP contribution >= 0.6 is 22.7 Å². The van der Waals surface area contributed by atoms with Gasteiger partial charge in [0.2, 0.25) is 0 Å². The molecule has 0 aliphatic rings. The fourth-order valence-corrected chi connectivity index (χ4v) is 2.42. The molecule has 68 valence electrons. The molecule has 2 nitrogen and oxygen atoms in total. The van der Waals surface area contributed by atoms with E-state index in [1.165, 1.54) is 0 Å². The summed E-state index contributed by atoms with van der Waals surface area (Å²) in [5.74, 6) is 0. The average molecular weight is 211 g/mol. The van der Waals surface area contributed by atoms with E-state index in [0.717, 1.165) is 16.3 Å². The minimum absolute atomic E-state index is 0.559. The maximum Gasteiger partial charge on any atom is 0.123 e. The summed E-state index contributed by atoms with van der Waals surface area (Å²) in [6.45, 7) is 1.94. The van der Waals surface area contributed by atoms with Crippen molar-refractivity contribution in [3.63, 3.8) is 0 Å². The van der Waals surface area contributed by atoms with Gasteiger partial charge < -0.3 is 5.11 Å². The number of nitrogens with zero attached hydrogens (tertiary/aromatic N) is 1. The highest BCUT2D eigenvalue weighted by Gasteiger charge is 2.13. The number of aliphatic hydroxyl groups excluding tert-OH is 1. The second-order valence-corrected chi connectivity index (χ2v) is 4.59. The van der Waals surface area contributed by atoms with E-state index in [1.54, 1.807) is 22.7 Å². The Morgan fingerprint density at radius 3 is 2.85 bits per heavy atom. The van der Waals surface area contributed by atoms with Gasteiger partial charge in [0.15, 0.2) is 0 Å². The first kappa shape index (κ1) is 8.87. The molecule has 0 radical (unpaired) electrons. The second-order valence-electron chi connectivity index (χ2n) is 2.75. The van der Waals surface area contributed by atoms with E-state index in [1.807, 2.05) is 29.1 Å². The van der Waals surface area contributed by atoms with Crippen molar-refractivity contribution in [1.82, 2.24) is 4.98 Å². The first-order valence-corrected chi connectivity index (χ1v) is 5.72. The Morgan fingerprint density at radius 2 is 2.31 bits per heavy atom. The SMILES string of the molecule is Cc1nc(C(O)c2ccsc2)cs1. The third-order valence-corrected chi connectivity index (χ3v) is 3.27. The molecule has 2 aromatic rings. The predicted octanol–water partition coefficient (Wildman–Crippen LogP) is 2.59. The molecule has 2 aromatic heterocycles. The maximum atomic E-state index is 9.84. The summed E-state index contributed by atoms with van der Waals surface area (Å²) >= 11 is 3.15. The molecule has 0 aliphatic heterocycles. The minimum Gasteiger partial charge on any atom is -0.382 e. The van der Waals surface area contributed by atoms with Crippen LogP contribution < -0.4 is 0 Å². The molecule has 0 bridgehead atoms. The quantitative estimate of drug-likeness (QED) is 0.828. The third-order valence-electron chi connectivity index (χ3n) is 1.78. The number of hydrogen-bond acceptors (Lipinski definition) is 4. The van der Waals surface area contributed by atoms with Crippen LogP contribution in [-0.2, 0) is 0 Å². The van der Waals surface area contributed by atoms with Crippen molar-refractivity contribution in [2.24, 2.45) is 0 Å². The Balaban J connectivity index is 2.28. The Hall–Kier alpha value is -0.710. The summed E-state index contributed by atoms with van der Waals surface area (Å²) in [5, 5.41) is 16.6. The van der Waals surface area contributed by atoms with E-state index in [0.29, 0.717) is 0 Å². The van der Waals surface area contributed by atoms with Gasteiger partial charge in [-0.25, -0.2) is 4.98 Å². The molecular formula is C9H9NOS2. The lowest BCUT2D eigenvalue weighted by Gasteiger charge is -2.03. The molecule has 0 spiro atoms. The number of thiophene rings is 1. The van der Waals surface area contributed by atoms with Crippen molar-refractivity contribution < 1.29 is 5.11 Å². The summed E-state index contributed by atoms with van der Waals surface area (Å²) in [7, 11) is 0. The summed E-state index contributed by atoms with van der Waals surface area (Å²) < 4.78 is 0. The van der Waals surface area contributed by atoms with Crippen molar-refractivity contribution in [3.05, 3.63) is 38.5 Å². The van der Waals surface area contributed by atoms with Gasteiger partial charge in [0.25, 0.3) is 0 Å². The van der Waals surface area contributed by atoms with E-state index in [2.05, 4.69) is 4.98 Å². The van der Waals surface area contributed by atoms with Crippen molar-refractivity contribution in [3.8, 4) is 0 Å². The number of rotatable bonds is 2. The Labute approximate surface area is 84.5 Å². The second kappa shape index (κ2) is 3.57. The molecule has 2 heterocycles. The molecule has 0 saturated carbocycles. The van der Waals surface area contributed by atoms with Crippen LogP contribution in [0.25, 0.3) is 0 Å². The van der Waals surface area contributed by atoms with E-state index in [-0.39, 0.29) is 0 Å². The lowest BCUT2D eigenvalue weighted by molar-refractivity contribution is 0.216. The monoisotopic (exact) mass is 211 g/mol. The molecule has 0 fully saturated rings. The highest BCUT2D eigenvalue weighted by Crippen LogP contribution is 2.24. The molecule has 2 rings (SSSR count). The number of hydrogen-bond donors (Lipinski definition) is 1. The topological polar surface area (TPSA) is 33.1 Å². The van der Waals surface area contributed by atoms with Crippen LogP contribution in [0, 0.1) is 6.92 Å². The van der Waals surface area contributed by atoms with Gasteiger partial charge in [-0.1, -0.05) is 0 Å². The summed E-state index contributed by atoms with van der Waals surface area (Å²) in [4.78, 5) is 4.24. The summed E-state index contributed by atoms with van der Waals surface area (Å²) in [5.41, 5.74) is 1.68. The number of aliphatic hydroxyl groups is 1. The number of aryl methyl sites for hydroxylation is 1. The van der Waals surface area contributed by atoms with E-state index >= 15 is 0 Å². The van der Waals surface area contributed by atoms with Crippen molar-refractivity contribution in [2.75, 3.05) is 0 Å². The van der Waals surface area contributed by atoms with Crippen LogP contribution in [-0.4, -0.2) is 10.1 Å². The fraction of sp³-hybridized carbons (Fsp3) is 0.222. The van der Waals surface area contributed by atoms with Crippen LogP contribution in [0.3, 0.4) is 0 Å². The molecule has 4 heteroatoms. The first-order chi connectivity index (χ1) is 6.27. The van der Waals surface area contributed by atoms with Crippen LogP contribution in [0.5, 0.6) is 0 Å². The van der Waals surface area contributed by atoms with Crippen LogP contribution in [0.15, 0.2) is 22.2 Å². The molecule has 0 aliphatic carbocycles. The van der Waals surface area contributed by atoms with Crippen molar-refractivity contribution in [1.29, 1.82) is 0 Å². The molecular weight excluding hydrogens is 202 g/mol. The predicted molar refractivity (Wildman–Crippen MR) is 55.2 cm³/mol. The number of thiazole rings is 1. The normalized spacial score (nSPS) is 13.1. The van der Waals surface area contributed by atoms with Gasteiger partial charge >= 0.3 is 0 Å². The van der Waals surface area contributed by atoms with E-state index in [9.17, 15) is 5.11 Å². The molecule has 0 saturated heterocycles. The molecule has 1 unspecified atom stereocenters. The Bertz CT molecular complexity index is 380. The summed E-state index contributed by atoms with van der Waals surface area (Å²) in [6.07, 6.45) is -0.559. The maximum absolute atomic E-state index is 9.84. The molecule has 1 N–H and O–H groups in total. The highest BCUT2D eigenvalue weighted by atomic mass is 32.1. The smallest absolute Gasteiger partial charge is 0.123 e. The summed E-state index contributed by atoms with van der Waals surface area (Å²) in [6, 6.07) is 1.92. The van der Waals surface area contributed by atoms with Gasteiger partial charge in [-0.3, -0.25) is 0 Å². The zero-order valence-corrected chi connectivity index (χ0v) is 8.73. The van der Waals surface area contributed by atoms with Gasteiger partial charge in [-0.05, 0) is 29.3 Å². The van der Waals surface area contributed by atoms with Crippen LogP contribution in [0.4, 0.5) is 0 Å². The largest absolute Gasteiger partial charge is 0.382 e. The Kier molecular flexibility index (Phi) is 2.44. The van der Waals surface area contributed by atoms with Crippen LogP contribution in [0.2, 0.25) is 0 Å². The van der Waals surface area contributed by atoms with E-state index < -0.39 is 6.10 Å². The standard InChI is InChI=1S/C9H9NOS2/c1-6-10-8(5-13-6)9(11)7-2-3-12-4-7/h2-5,9,11H,1H3. The lowest BCUT2D eigenvalue weighted by atomic mass is 10.1. The third kappa shape index (κ3) is 1.80. The number of aromatic nitrogens is 1. The van der Waals surface area contributed by atoms with Crippen LogP contribution in [0.1, 0.15) is 22.4 Å². The van der Waals surface area contributed by atoms with Gasteiger partial charge in [-0.2, -0.15) is 11.3 Å². The molecule has 13 heavy (non-hydrogen) atoms. The van der Waals surface area contributed by atoms with Gasteiger partial charge in [0.05, 0.1) is 10.7 Å². The lowest BCUT2D eigenvalue weighted by Crippen LogP contribution is -1.97. The van der Waals surface area contributed by atoms with Gasteiger partial charge in [0.1, 0.15) is 6.10 Å². The fourth-order valence-electron chi connectivity index (χ4n) is 1.11. The zero-order valence-electron chi connectivity index (χ0n) is 7.10. The minimum atomic E-state index is -0.559. The zero-order chi connectivity index (χ0) is 9.26.